The van der Waals surface area contributed by atoms with E-state index in [0.29, 0.717) is 77.0 Å². The monoisotopic (exact) mass is 1180 g/mol. The van der Waals surface area contributed by atoms with Gasteiger partial charge in [-0.15, -0.1) is 0 Å². The molecular weight excluding hydrogens is 1140 g/mol. The molecule has 0 aliphatic carbocycles. The zero-order valence-corrected chi connectivity index (χ0v) is 46.6. The Morgan fingerprint density at radius 1 is 0.333 bits per heavy atom. The van der Waals surface area contributed by atoms with Gasteiger partial charge in [0.2, 0.25) is 5.69 Å². The highest BCUT2D eigenvalue weighted by atomic mass is 19.4. The molecule has 0 N–H and O–H groups in total. The van der Waals surface area contributed by atoms with Crippen LogP contribution >= 0.6 is 0 Å². The minimum absolute atomic E-state index is 0.0841. The number of fused-ring (bicyclic) bond motifs is 6. The van der Waals surface area contributed by atoms with Crippen LogP contribution < -0.4 is 0 Å². The molecule has 0 aliphatic heterocycles. The lowest BCUT2D eigenvalue weighted by Gasteiger charge is -2.23. The highest BCUT2D eigenvalue weighted by Crippen LogP contribution is 2.52. The van der Waals surface area contributed by atoms with E-state index in [9.17, 15) is 46.1 Å². The number of rotatable bonds is 7. The van der Waals surface area contributed by atoms with Gasteiger partial charge in [-0.05, 0) is 192 Å². The number of halogens is 12. The molecule has 0 spiro atoms. The molecule has 0 radical (unpaired) electrons. The van der Waals surface area contributed by atoms with Gasteiger partial charge in [-0.2, -0.15) is 52.7 Å². The first-order valence-electron chi connectivity index (χ1n) is 27.0. The lowest BCUT2D eigenvalue weighted by molar-refractivity contribution is -0.138. The lowest BCUT2D eigenvalue weighted by atomic mass is 9.94. The molecule has 0 saturated carbocycles. The lowest BCUT2D eigenvalue weighted by Crippen LogP contribution is -2.09. The Hall–Kier alpha value is -10.1. The zero-order chi connectivity index (χ0) is 62.0. The summed E-state index contributed by atoms with van der Waals surface area (Å²) in [5.41, 5.74) is 2.09. The molecule has 4 nitrogen and oxygen atoms in total. The first-order valence-corrected chi connectivity index (χ1v) is 27.0. The molecule has 0 fully saturated rings. The van der Waals surface area contributed by atoms with Crippen molar-refractivity contribution in [2.45, 2.75) is 59.3 Å². The fraction of sp³-hybridized carbons (Fsp3) is 0.127. The van der Waals surface area contributed by atoms with Crippen LogP contribution in [0.3, 0.4) is 0 Å². The summed E-state index contributed by atoms with van der Waals surface area (Å²) in [4.78, 5) is 7.76. The van der Waals surface area contributed by atoms with E-state index in [0.717, 1.165) is 70.8 Å². The van der Waals surface area contributed by atoms with Gasteiger partial charge in [0.1, 0.15) is 0 Å². The molecular formula is C71H44F12N4. The molecule has 12 rings (SSSR count). The Bertz CT molecular complexity index is 4820. The minimum Gasteiger partial charge on any atom is -0.319 e. The van der Waals surface area contributed by atoms with Crippen molar-refractivity contribution in [2.75, 3.05) is 0 Å². The fourth-order valence-corrected chi connectivity index (χ4v) is 12.2. The van der Waals surface area contributed by atoms with Crippen molar-refractivity contribution in [1.82, 2.24) is 9.13 Å². The Labute approximate surface area is 490 Å². The Balaban J connectivity index is 1.22. The summed E-state index contributed by atoms with van der Waals surface area (Å²) in [6.45, 7) is 25.9. The van der Waals surface area contributed by atoms with Crippen molar-refractivity contribution < 1.29 is 52.7 Å². The summed E-state index contributed by atoms with van der Waals surface area (Å²) in [7, 11) is 0. The summed E-state index contributed by atoms with van der Waals surface area (Å²) in [6, 6.07) is 42.9. The van der Waals surface area contributed by atoms with Gasteiger partial charge in [0, 0.05) is 27.1 Å². The molecule has 0 unspecified atom stereocenters. The van der Waals surface area contributed by atoms with Gasteiger partial charge in [0.15, 0.2) is 5.69 Å². The van der Waals surface area contributed by atoms with E-state index >= 15 is 13.2 Å². The van der Waals surface area contributed by atoms with Crippen LogP contribution in [0.25, 0.3) is 120 Å². The summed E-state index contributed by atoms with van der Waals surface area (Å²) in [6.07, 6.45) is -19.2. The predicted octanol–water partition coefficient (Wildman–Crippen LogP) is 22.9. The molecule has 0 aliphatic rings. The Kier molecular flexibility index (Phi) is 13.6. The third kappa shape index (κ3) is 10.3. The summed E-state index contributed by atoms with van der Waals surface area (Å²) in [5, 5.41) is 1.71. The van der Waals surface area contributed by atoms with Gasteiger partial charge in [0.25, 0.3) is 0 Å². The second-order valence-corrected chi connectivity index (χ2v) is 22.0. The van der Waals surface area contributed by atoms with Crippen LogP contribution in [0.2, 0.25) is 0 Å². The largest absolute Gasteiger partial charge is 0.416 e. The van der Waals surface area contributed by atoms with Gasteiger partial charge >= 0.3 is 24.7 Å². The van der Waals surface area contributed by atoms with E-state index in [4.69, 9.17) is 6.57 Å². The van der Waals surface area contributed by atoms with Crippen molar-refractivity contribution >= 4 is 55.0 Å². The number of hydrogen-bond acceptors (Lipinski definition) is 0. The van der Waals surface area contributed by atoms with Gasteiger partial charge in [-0.3, -0.25) is 0 Å². The van der Waals surface area contributed by atoms with Crippen LogP contribution in [0, 0.1) is 47.8 Å². The Morgan fingerprint density at radius 3 is 1.03 bits per heavy atom. The zero-order valence-electron chi connectivity index (χ0n) is 46.6. The maximum atomic E-state index is 15.6. The highest BCUT2D eigenvalue weighted by molar-refractivity contribution is 6.15. The molecule has 0 saturated heterocycles. The number of hydrogen-bond donors (Lipinski definition) is 0. The van der Waals surface area contributed by atoms with Gasteiger partial charge in [-0.25, -0.2) is 9.69 Å². The van der Waals surface area contributed by atoms with Crippen molar-refractivity contribution in [3.8, 4) is 67.0 Å². The van der Waals surface area contributed by atoms with Crippen molar-refractivity contribution in [2.24, 2.45) is 0 Å². The van der Waals surface area contributed by atoms with Crippen LogP contribution in [0.15, 0.2) is 176 Å². The molecule has 0 amide bonds. The summed E-state index contributed by atoms with van der Waals surface area (Å²) in [5.74, 6) is 0. The quantitative estimate of drug-likeness (QED) is 0.112. The maximum Gasteiger partial charge on any atom is 0.416 e. The van der Waals surface area contributed by atoms with Crippen LogP contribution in [0.1, 0.15) is 50.1 Å². The van der Waals surface area contributed by atoms with E-state index < -0.39 is 58.2 Å². The van der Waals surface area contributed by atoms with Crippen LogP contribution in [0.4, 0.5) is 64.1 Å². The second kappa shape index (κ2) is 20.6. The van der Waals surface area contributed by atoms with Crippen molar-refractivity contribution in [3.05, 3.63) is 249 Å². The van der Waals surface area contributed by atoms with E-state index in [-0.39, 0.29) is 39.3 Å². The minimum atomic E-state index is -5.05. The number of alkyl halides is 12. The van der Waals surface area contributed by atoms with Gasteiger partial charge in [0.05, 0.1) is 68.8 Å². The average molecular weight is 1180 g/mol. The van der Waals surface area contributed by atoms with Crippen LogP contribution in [-0.4, -0.2) is 9.13 Å². The molecule has 0 bridgehead atoms. The second-order valence-electron chi connectivity index (χ2n) is 22.0. The third-order valence-corrected chi connectivity index (χ3v) is 15.7. The third-order valence-electron chi connectivity index (χ3n) is 15.7. The fourth-order valence-electron chi connectivity index (χ4n) is 12.2. The maximum absolute atomic E-state index is 15.6. The summed E-state index contributed by atoms with van der Waals surface area (Å²) < 4.78 is 179. The van der Waals surface area contributed by atoms with Crippen LogP contribution in [-0.2, 0) is 24.7 Å². The standard InChI is InChI=1S/C71H44F12N4/c1-37-21-38(2)23-46(22-37)42-13-18-62-56(33-42)57-36-45(49-26-41(5)29-52(32-49)70(78,79)80)14-19-63(57)87(62)67-53(65-58(71(81,82)83)9-8-10-59(65)84-6)15-20-64(66(67)85-7)86-60-16-11-43(47-24-39(3)27-50(30-47)68(72,73)74)34-54(60)55-35-44(12-17-61(55)86)48-25-40(4)28-51(31-48)69(75,76)77/h8-36H,1-5H3. The molecule has 87 heavy (non-hydrogen) atoms. The molecule has 432 valence electrons. The first-order chi connectivity index (χ1) is 41.1. The number of aryl methyl sites for hydroxylation is 5. The van der Waals surface area contributed by atoms with E-state index in [1.165, 1.54) is 32.0 Å². The number of benzene rings is 10. The van der Waals surface area contributed by atoms with Gasteiger partial charge in [-0.1, -0.05) is 96.1 Å². The van der Waals surface area contributed by atoms with E-state index in [1.807, 2.05) is 44.2 Å². The average Bonchev–Trinajstić information content (AvgIpc) is 1.63. The van der Waals surface area contributed by atoms with Crippen molar-refractivity contribution in [3.63, 3.8) is 0 Å². The molecule has 16 heteroatoms. The first kappa shape index (κ1) is 57.4. The normalized spacial score (nSPS) is 12.4. The molecule has 2 aromatic heterocycles. The van der Waals surface area contributed by atoms with E-state index in [2.05, 4.69) is 9.69 Å². The molecule has 10 aromatic carbocycles. The molecule has 0 atom stereocenters. The van der Waals surface area contributed by atoms with Crippen molar-refractivity contribution in [1.29, 1.82) is 0 Å². The van der Waals surface area contributed by atoms with Gasteiger partial charge < -0.3 is 9.13 Å². The molecule has 12 aromatic rings. The predicted molar refractivity (Wildman–Crippen MR) is 319 cm³/mol. The summed E-state index contributed by atoms with van der Waals surface area (Å²) >= 11 is 0. The number of aromatic nitrogens is 2. The topological polar surface area (TPSA) is 18.6 Å². The van der Waals surface area contributed by atoms with Crippen LogP contribution in [0.5, 0.6) is 0 Å². The smallest absolute Gasteiger partial charge is 0.319 e. The molecule has 2 heterocycles. The van der Waals surface area contributed by atoms with E-state index in [1.54, 1.807) is 94.9 Å². The highest BCUT2D eigenvalue weighted by Gasteiger charge is 2.38. The SMILES string of the molecule is [C-]#[N+]c1cccc(C(F)(F)F)c1-c1ccc(-n2c3ccc(-c4cc(C)cc(C(F)(F)F)c4)cc3c3cc(-c4cc(C)cc(C(F)(F)F)c4)ccc32)c([N+]#[C-])c1-n1c2ccc(-c3cc(C)cc(C)c3)cc2c2cc(-c3cc(C)cc(C(F)(F)F)c3)ccc21. The Morgan fingerprint density at radius 2 is 0.690 bits per heavy atom. The number of nitrogens with zero attached hydrogens (tertiary/aromatic N) is 4.